The number of carbonyl (C=O) groups excluding carboxylic acids is 1. The zero-order chi connectivity index (χ0) is 10.4. The maximum absolute atomic E-state index is 11.3. The molecule has 0 heterocycles. The molecule has 1 unspecified atom stereocenters. The largest absolute Gasteiger partial charge is 0.337 e. The van der Waals surface area contributed by atoms with Crippen molar-refractivity contribution in [2.75, 3.05) is 13.1 Å². The van der Waals surface area contributed by atoms with Crippen molar-refractivity contribution in [3.05, 3.63) is 12.2 Å². The van der Waals surface area contributed by atoms with Crippen LogP contribution in [0.15, 0.2) is 12.2 Å². The van der Waals surface area contributed by atoms with Crippen molar-refractivity contribution in [1.29, 1.82) is 0 Å². The molecule has 1 amide bonds. The zero-order valence-electron chi connectivity index (χ0n) is 9.05. The fourth-order valence-corrected chi connectivity index (χ4v) is 1.18. The van der Waals surface area contributed by atoms with E-state index in [-0.39, 0.29) is 12.1 Å². The van der Waals surface area contributed by atoms with Crippen LogP contribution in [0.5, 0.6) is 0 Å². The Morgan fingerprint density at radius 2 is 1.92 bits per heavy atom. The Hall–Kier alpha value is -0.830. The Kier molecular flexibility index (Phi) is 5.39. The van der Waals surface area contributed by atoms with Gasteiger partial charge in [0.2, 0.25) is 5.91 Å². The molecule has 13 heavy (non-hydrogen) atoms. The van der Waals surface area contributed by atoms with Gasteiger partial charge < -0.3 is 5.32 Å². The van der Waals surface area contributed by atoms with Gasteiger partial charge in [-0.2, -0.15) is 0 Å². The lowest BCUT2D eigenvalue weighted by atomic mass is 10.3. The van der Waals surface area contributed by atoms with Crippen molar-refractivity contribution in [3.8, 4) is 0 Å². The predicted octanol–water partition coefficient (Wildman–Crippen LogP) is 1.37. The average molecular weight is 184 g/mol. The molecule has 3 nitrogen and oxygen atoms in total. The molecule has 0 spiro atoms. The smallest absolute Gasteiger partial charge is 0.247 e. The van der Waals surface area contributed by atoms with Gasteiger partial charge >= 0.3 is 0 Å². The fraction of sp³-hybridized carbons (Fsp3) is 0.700. The van der Waals surface area contributed by atoms with E-state index >= 15 is 0 Å². The summed E-state index contributed by atoms with van der Waals surface area (Å²) in [6.07, 6.45) is 0.0826. The molecule has 76 valence electrons. The molecule has 0 aromatic carbocycles. The Balaban J connectivity index is 4.04. The standard InChI is InChI=1S/C10H20N2O/c1-6-12(7-2)9(5)11-10(13)8(3)4/h9H,3,6-7H2,1-2,4-5H3,(H,11,13). The van der Waals surface area contributed by atoms with Crippen LogP contribution in [0.2, 0.25) is 0 Å². The van der Waals surface area contributed by atoms with Gasteiger partial charge in [-0.25, -0.2) is 0 Å². The third-order valence-electron chi connectivity index (χ3n) is 2.09. The molecular weight excluding hydrogens is 164 g/mol. The van der Waals surface area contributed by atoms with Crippen LogP contribution in [0.4, 0.5) is 0 Å². The topological polar surface area (TPSA) is 32.3 Å². The van der Waals surface area contributed by atoms with Gasteiger partial charge in [0.25, 0.3) is 0 Å². The van der Waals surface area contributed by atoms with Crippen LogP contribution in [0.25, 0.3) is 0 Å². The van der Waals surface area contributed by atoms with Crippen LogP contribution in [0.3, 0.4) is 0 Å². The maximum Gasteiger partial charge on any atom is 0.247 e. The van der Waals surface area contributed by atoms with E-state index in [0.717, 1.165) is 13.1 Å². The third kappa shape index (κ3) is 4.08. The first-order chi connectivity index (χ1) is 6.02. The van der Waals surface area contributed by atoms with E-state index in [2.05, 4.69) is 30.6 Å². The van der Waals surface area contributed by atoms with Gasteiger partial charge in [0.1, 0.15) is 0 Å². The Morgan fingerprint density at radius 1 is 1.46 bits per heavy atom. The lowest BCUT2D eigenvalue weighted by Gasteiger charge is -2.26. The van der Waals surface area contributed by atoms with Crippen molar-refractivity contribution in [2.24, 2.45) is 0 Å². The van der Waals surface area contributed by atoms with E-state index in [1.54, 1.807) is 6.92 Å². The minimum Gasteiger partial charge on any atom is -0.337 e. The van der Waals surface area contributed by atoms with Gasteiger partial charge in [-0.1, -0.05) is 20.4 Å². The molecule has 0 fully saturated rings. The average Bonchev–Trinajstić information content (AvgIpc) is 2.06. The predicted molar refractivity (Wildman–Crippen MR) is 55.3 cm³/mol. The highest BCUT2D eigenvalue weighted by Gasteiger charge is 2.12. The summed E-state index contributed by atoms with van der Waals surface area (Å²) >= 11 is 0. The van der Waals surface area contributed by atoms with E-state index in [9.17, 15) is 4.79 Å². The summed E-state index contributed by atoms with van der Waals surface area (Å²) < 4.78 is 0. The molecule has 3 heteroatoms. The maximum atomic E-state index is 11.3. The number of nitrogens with zero attached hydrogens (tertiary/aromatic N) is 1. The quantitative estimate of drug-likeness (QED) is 0.517. The van der Waals surface area contributed by atoms with Gasteiger partial charge in [0.05, 0.1) is 6.17 Å². The van der Waals surface area contributed by atoms with Crippen LogP contribution in [-0.4, -0.2) is 30.1 Å². The number of hydrogen-bond donors (Lipinski definition) is 1. The third-order valence-corrected chi connectivity index (χ3v) is 2.09. The Labute approximate surface area is 80.8 Å². The van der Waals surface area contributed by atoms with Crippen LogP contribution < -0.4 is 5.32 Å². The summed E-state index contributed by atoms with van der Waals surface area (Å²) in [6.45, 7) is 13.3. The SMILES string of the molecule is C=C(C)C(=O)NC(C)N(CC)CC. The van der Waals surface area contributed by atoms with Gasteiger partial charge in [0.15, 0.2) is 0 Å². The van der Waals surface area contributed by atoms with Crippen LogP contribution in [-0.2, 0) is 4.79 Å². The summed E-state index contributed by atoms with van der Waals surface area (Å²) in [5, 5.41) is 2.87. The Morgan fingerprint density at radius 3 is 2.23 bits per heavy atom. The summed E-state index contributed by atoms with van der Waals surface area (Å²) in [6, 6.07) is 0. The first-order valence-electron chi connectivity index (χ1n) is 4.73. The van der Waals surface area contributed by atoms with Gasteiger partial charge in [-0.05, 0) is 26.9 Å². The zero-order valence-corrected chi connectivity index (χ0v) is 9.05. The summed E-state index contributed by atoms with van der Waals surface area (Å²) in [5.74, 6) is -0.0700. The normalized spacial score (nSPS) is 12.7. The summed E-state index contributed by atoms with van der Waals surface area (Å²) in [4.78, 5) is 13.4. The summed E-state index contributed by atoms with van der Waals surface area (Å²) in [7, 11) is 0. The first-order valence-corrected chi connectivity index (χ1v) is 4.73. The van der Waals surface area contributed by atoms with Crippen LogP contribution >= 0.6 is 0 Å². The number of nitrogens with one attached hydrogen (secondary N) is 1. The molecule has 0 aliphatic carbocycles. The lowest BCUT2D eigenvalue weighted by Crippen LogP contribution is -2.46. The molecule has 0 aromatic heterocycles. The molecule has 0 rings (SSSR count). The highest BCUT2D eigenvalue weighted by Crippen LogP contribution is 1.96. The number of rotatable bonds is 5. The number of carbonyl (C=O) groups is 1. The second-order valence-corrected chi connectivity index (χ2v) is 3.15. The first kappa shape index (κ1) is 12.2. The monoisotopic (exact) mass is 184 g/mol. The minimum atomic E-state index is -0.0700. The molecule has 0 aromatic rings. The molecule has 1 N–H and O–H groups in total. The summed E-state index contributed by atoms with van der Waals surface area (Å²) in [5.41, 5.74) is 0.555. The molecule has 0 bridgehead atoms. The van der Waals surface area contributed by atoms with Gasteiger partial charge in [-0.15, -0.1) is 0 Å². The van der Waals surface area contributed by atoms with Gasteiger partial charge in [0, 0.05) is 5.57 Å². The van der Waals surface area contributed by atoms with E-state index < -0.39 is 0 Å². The van der Waals surface area contributed by atoms with E-state index in [4.69, 9.17) is 0 Å². The van der Waals surface area contributed by atoms with E-state index in [1.807, 2.05) is 6.92 Å². The molecule has 0 radical (unpaired) electrons. The minimum absolute atomic E-state index is 0.0700. The van der Waals surface area contributed by atoms with Crippen molar-refractivity contribution in [2.45, 2.75) is 33.9 Å². The van der Waals surface area contributed by atoms with Crippen molar-refractivity contribution in [1.82, 2.24) is 10.2 Å². The molecular formula is C10H20N2O. The highest BCUT2D eigenvalue weighted by molar-refractivity contribution is 5.92. The van der Waals surface area contributed by atoms with Gasteiger partial charge in [-0.3, -0.25) is 9.69 Å². The van der Waals surface area contributed by atoms with Crippen LogP contribution in [0, 0.1) is 0 Å². The van der Waals surface area contributed by atoms with Crippen molar-refractivity contribution >= 4 is 5.91 Å². The lowest BCUT2D eigenvalue weighted by molar-refractivity contribution is -0.119. The van der Waals surface area contributed by atoms with E-state index in [0.29, 0.717) is 5.57 Å². The second kappa shape index (κ2) is 5.75. The van der Waals surface area contributed by atoms with Crippen molar-refractivity contribution in [3.63, 3.8) is 0 Å². The number of hydrogen-bond acceptors (Lipinski definition) is 2. The molecule has 1 atom stereocenters. The Bertz CT molecular complexity index is 185. The number of amides is 1. The highest BCUT2D eigenvalue weighted by atomic mass is 16.1. The van der Waals surface area contributed by atoms with Crippen LogP contribution in [0.1, 0.15) is 27.7 Å². The molecule has 0 aliphatic heterocycles. The molecule has 0 aliphatic rings. The second-order valence-electron chi connectivity index (χ2n) is 3.15. The van der Waals surface area contributed by atoms with E-state index in [1.165, 1.54) is 0 Å². The molecule has 0 saturated heterocycles. The fourth-order valence-electron chi connectivity index (χ4n) is 1.18. The molecule has 0 saturated carbocycles. The van der Waals surface area contributed by atoms with Crippen molar-refractivity contribution < 1.29 is 4.79 Å².